The van der Waals surface area contributed by atoms with Gasteiger partial charge < -0.3 is 10.6 Å². The lowest BCUT2D eigenvalue weighted by Crippen LogP contribution is -2.21. The van der Waals surface area contributed by atoms with E-state index in [-0.39, 0.29) is 0 Å². The molecule has 116 valence electrons. The van der Waals surface area contributed by atoms with Gasteiger partial charge in [-0.3, -0.25) is 0 Å². The van der Waals surface area contributed by atoms with E-state index in [0.717, 1.165) is 24.8 Å². The summed E-state index contributed by atoms with van der Waals surface area (Å²) in [6.07, 6.45) is 4.15. The third-order valence-corrected chi connectivity index (χ3v) is 5.00. The second-order valence-corrected chi connectivity index (χ2v) is 6.36. The molecule has 0 spiro atoms. The van der Waals surface area contributed by atoms with Crippen LogP contribution in [0.3, 0.4) is 0 Å². The Hall–Kier alpha value is -1.52. The standard InChI is InChI=1S/C16H18Cl2N4/c1-2-10-6-7-22(9-10)13-8-20-15(16(19)21-13)11-4-3-5-12(17)14(11)18/h3-5,8,10H,2,6-7,9H2,1H3,(H2,19,21)/t10-/m0/s1. The molecule has 3 rings (SSSR count). The summed E-state index contributed by atoms with van der Waals surface area (Å²) in [7, 11) is 0. The first kappa shape index (κ1) is 15.4. The van der Waals surface area contributed by atoms with E-state index in [0.29, 0.717) is 27.1 Å². The summed E-state index contributed by atoms with van der Waals surface area (Å²) in [5, 5.41) is 0.930. The second kappa shape index (κ2) is 6.31. The van der Waals surface area contributed by atoms with E-state index in [4.69, 9.17) is 28.9 Å². The predicted molar refractivity (Wildman–Crippen MR) is 92.5 cm³/mol. The van der Waals surface area contributed by atoms with Crippen LogP contribution >= 0.6 is 23.2 Å². The summed E-state index contributed by atoms with van der Waals surface area (Å²) in [6.45, 7) is 4.24. The minimum absolute atomic E-state index is 0.376. The SMILES string of the molecule is CC[C@H]1CCN(c2cnc(-c3cccc(Cl)c3Cl)c(N)n2)C1. The van der Waals surface area contributed by atoms with Crippen molar-refractivity contribution in [3.63, 3.8) is 0 Å². The van der Waals surface area contributed by atoms with Crippen molar-refractivity contribution in [1.82, 2.24) is 9.97 Å². The van der Waals surface area contributed by atoms with Crippen molar-refractivity contribution in [3.05, 3.63) is 34.4 Å². The number of anilines is 2. The van der Waals surface area contributed by atoms with Crippen molar-refractivity contribution in [2.45, 2.75) is 19.8 Å². The molecule has 1 aliphatic rings. The molecule has 22 heavy (non-hydrogen) atoms. The Morgan fingerprint density at radius 3 is 2.86 bits per heavy atom. The maximum atomic E-state index is 6.24. The maximum absolute atomic E-state index is 6.24. The molecular weight excluding hydrogens is 319 g/mol. The van der Waals surface area contributed by atoms with Crippen LogP contribution in [0.15, 0.2) is 24.4 Å². The highest BCUT2D eigenvalue weighted by Gasteiger charge is 2.23. The molecule has 1 fully saturated rings. The summed E-state index contributed by atoms with van der Waals surface area (Å²) in [4.78, 5) is 11.2. The topological polar surface area (TPSA) is 55.0 Å². The van der Waals surface area contributed by atoms with Gasteiger partial charge >= 0.3 is 0 Å². The average molecular weight is 337 g/mol. The molecule has 1 aliphatic heterocycles. The number of halogens is 2. The van der Waals surface area contributed by atoms with Crippen molar-refractivity contribution < 1.29 is 0 Å². The molecule has 0 radical (unpaired) electrons. The van der Waals surface area contributed by atoms with E-state index < -0.39 is 0 Å². The van der Waals surface area contributed by atoms with Gasteiger partial charge in [0, 0.05) is 18.7 Å². The number of benzene rings is 1. The highest BCUT2D eigenvalue weighted by molar-refractivity contribution is 6.43. The van der Waals surface area contributed by atoms with Crippen LogP contribution in [0.25, 0.3) is 11.3 Å². The number of nitrogen functional groups attached to an aromatic ring is 1. The van der Waals surface area contributed by atoms with Gasteiger partial charge in [0.2, 0.25) is 0 Å². The van der Waals surface area contributed by atoms with Crippen molar-refractivity contribution in [2.24, 2.45) is 5.92 Å². The molecule has 0 aliphatic carbocycles. The summed E-state index contributed by atoms with van der Waals surface area (Å²) in [6, 6.07) is 5.41. The molecule has 2 aromatic rings. The lowest BCUT2D eigenvalue weighted by atomic mass is 10.1. The zero-order valence-corrected chi connectivity index (χ0v) is 13.9. The minimum Gasteiger partial charge on any atom is -0.382 e. The van der Waals surface area contributed by atoms with Crippen LogP contribution in [0.5, 0.6) is 0 Å². The van der Waals surface area contributed by atoms with Crippen LogP contribution in [-0.4, -0.2) is 23.1 Å². The first-order chi connectivity index (χ1) is 10.6. The predicted octanol–water partition coefficient (Wildman–Crippen LogP) is 4.27. The molecule has 0 unspecified atom stereocenters. The van der Waals surface area contributed by atoms with Crippen LogP contribution in [0, 0.1) is 5.92 Å². The zero-order valence-electron chi connectivity index (χ0n) is 12.4. The Kier molecular flexibility index (Phi) is 4.41. The quantitative estimate of drug-likeness (QED) is 0.909. The molecule has 1 aromatic heterocycles. The van der Waals surface area contributed by atoms with Crippen LogP contribution in [-0.2, 0) is 0 Å². The molecule has 1 aromatic carbocycles. The zero-order chi connectivity index (χ0) is 15.7. The fourth-order valence-electron chi connectivity index (χ4n) is 2.81. The highest BCUT2D eigenvalue weighted by Crippen LogP contribution is 2.35. The minimum atomic E-state index is 0.376. The molecule has 1 saturated heterocycles. The van der Waals surface area contributed by atoms with E-state index in [1.54, 1.807) is 12.3 Å². The summed E-state index contributed by atoms with van der Waals surface area (Å²) < 4.78 is 0. The Morgan fingerprint density at radius 2 is 2.18 bits per heavy atom. The monoisotopic (exact) mass is 336 g/mol. The van der Waals surface area contributed by atoms with Crippen molar-refractivity contribution in [3.8, 4) is 11.3 Å². The van der Waals surface area contributed by atoms with Gasteiger partial charge in [0.05, 0.1) is 16.2 Å². The molecule has 6 heteroatoms. The molecule has 2 heterocycles. The fraction of sp³-hybridized carbons (Fsp3) is 0.375. The molecular formula is C16H18Cl2N4. The van der Waals surface area contributed by atoms with Crippen molar-refractivity contribution >= 4 is 34.8 Å². The van der Waals surface area contributed by atoms with Crippen LogP contribution in [0.2, 0.25) is 10.0 Å². The number of nitrogens with two attached hydrogens (primary N) is 1. The third-order valence-electron chi connectivity index (χ3n) is 4.18. The van der Waals surface area contributed by atoms with Gasteiger partial charge in [-0.05, 0) is 18.4 Å². The number of rotatable bonds is 3. The van der Waals surface area contributed by atoms with E-state index in [9.17, 15) is 0 Å². The van der Waals surface area contributed by atoms with Crippen LogP contribution < -0.4 is 10.6 Å². The highest BCUT2D eigenvalue weighted by atomic mass is 35.5. The molecule has 1 atom stereocenters. The Bertz CT molecular complexity index is 690. The maximum Gasteiger partial charge on any atom is 0.152 e. The summed E-state index contributed by atoms with van der Waals surface area (Å²) in [5.41, 5.74) is 7.38. The largest absolute Gasteiger partial charge is 0.382 e. The molecule has 4 nitrogen and oxygen atoms in total. The fourth-order valence-corrected chi connectivity index (χ4v) is 3.20. The van der Waals surface area contributed by atoms with Gasteiger partial charge in [-0.1, -0.05) is 48.7 Å². The van der Waals surface area contributed by atoms with E-state index in [1.807, 2.05) is 12.1 Å². The van der Waals surface area contributed by atoms with Crippen LogP contribution in [0.4, 0.5) is 11.6 Å². The molecule has 0 saturated carbocycles. The normalized spacial score (nSPS) is 18.0. The first-order valence-electron chi connectivity index (χ1n) is 7.42. The number of nitrogens with zero attached hydrogens (tertiary/aromatic N) is 3. The Morgan fingerprint density at radius 1 is 1.36 bits per heavy atom. The van der Waals surface area contributed by atoms with Gasteiger partial charge in [-0.2, -0.15) is 0 Å². The van der Waals surface area contributed by atoms with Gasteiger partial charge in [-0.15, -0.1) is 0 Å². The second-order valence-electron chi connectivity index (χ2n) is 5.57. The smallest absolute Gasteiger partial charge is 0.152 e. The van der Waals surface area contributed by atoms with Crippen LogP contribution in [0.1, 0.15) is 19.8 Å². The first-order valence-corrected chi connectivity index (χ1v) is 8.17. The summed E-state index contributed by atoms with van der Waals surface area (Å²) in [5.74, 6) is 1.93. The molecule has 0 amide bonds. The van der Waals surface area contributed by atoms with E-state index >= 15 is 0 Å². The summed E-state index contributed by atoms with van der Waals surface area (Å²) >= 11 is 12.3. The van der Waals surface area contributed by atoms with Gasteiger partial charge in [0.15, 0.2) is 5.82 Å². The molecule has 0 bridgehead atoms. The Labute approximate surface area is 140 Å². The number of aromatic nitrogens is 2. The van der Waals surface area contributed by atoms with Gasteiger partial charge in [0.1, 0.15) is 11.5 Å². The average Bonchev–Trinajstić information content (AvgIpc) is 2.99. The van der Waals surface area contributed by atoms with Crippen molar-refractivity contribution in [2.75, 3.05) is 23.7 Å². The number of hydrogen-bond acceptors (Lipinski definition) is 4. The number of hydrogen-bond donors (Lipinski definition) is 1. The van der Waals surface area contributed by atoms with E-state index in [1.165, 1.54) is 12.8 Å². The van der Waals surface area contributed by atoms with Gasteiger partial charge in [-0.25, -0.2) is 9.97 Å². The third kappa shape index (κ3) is 2.85. The van der Waals surface area contributed by atoms with E-state index in [2.05, 4.69) is 21.8 Å². The van der Waals surface area contributed by atoms with Gasteiger partial charge in [0.25, 0.3) is 0 Å². The lowest BCUT2D eigenvalue weighted by molar-refractivity contribution is 0.568. The van der Waals surface area contributed by atoms with Crippen molar-refractivity contribution in [1.29, 1.82) is 0 Å². The molecule has 2 N–H and O–H groups in total. The lowest BCUT2D eigenvalue weighted by Gasteiger charge is -2.18. The Balaban J connectivity index is 1.91.